The second-order valence-electron chi connectivity index (χ2n) is 4.22. The third kappa shape index (κ3) is 3.18. The molecule has 20 heavy (non-hydrogen) atoms. The van der Waals surface area contributed by atoms with E-state index in [4.69, 9.17) is 9.05 Å². The van der Waals surface area contributed by atoms with Crippen molar-refractivity contribution in [3.63, 3.8) is 0 Å². The van der Waals surface area contributed by atoms with Crippen LogP contribution < -0.4 is 5.30 Å². The van der Waals surface area contributed by atoms with Crippen LogP contribution in [0, 0.1) is 0 Å². The third-order valence-electron chi connectivity index (χ3n) is 2.88. The average molecular weight is 290 g/mol. The number of hydrogen-bond donors (Lipinski definition) is 0. The van der Waals surface area contributed by atoms with Gasteiger partial charge >= 0.3 is 7.60 Å². The lowest BCUT2D eigenvalue weighted by Gasteiger charge is -2.20. The average Bonchev–Trinajstić information content (AvgIpc) is 2.49. The predicted molar refractivity (Wildman–Crippen MR) is 82.4 cm³/mol. The van der Waals surface area contributed by atoms with Gasteiger partial charge in [0.1, 0.15) is 0 Å². The molecule has 0 fully saturated rings. The zero-order chi connectivity index (χ0) is 14.4. The van der Waals surface area contributed by atoms with E-state index in [1.54, 1.807) is 0 Å². The molecule has 0 unspecified atom stereocenters. The van der Waals surface area contributed by atoms with E-state index in [1.165, 1.54) is 0 Å². The minimum Gasteiger partial charge on any atom is -0.305 e. The van der Waals surface area contributed by atoms with Gasteiger partial charge in [-0.3, -0.25) is 4.57 Å². The molecule has 0 bridgehead atoms. The van der Waals surface area contributed by atoms with Crippen LogP contribution in [-0.4, -0.2) is 13.2 Å². The summed E-state index contributed by atoms with van der Waals surface area (Å²) in [6.07, 6.45) is 0. The Morgan fingerprint density at radius 1 is 0.850 bits per heavy atom. The van der Waals surface area contributed by atoms with Gasteiger partial charge in [0.25, 0.3) is 0 Å². The van der Waals surface area contributed by atoms with E-state index < -0.39 is 7.60 Å². The van der Waals surface area contributed by atoms with E-state index in [-0.39, 0.29) is 0 Å². The van der Waals surface area contributed by atoms with E-state index >= 15 is 0 Å². The second-order valence-corrected chi connectivity index (χ2v) is 6.21. The van der Waals surface area contributed by atoms with Crippen molar-refractivity contribution in [2.75, 3.05) is 13.2 Å². The van der Waals surface area contributed by atoms with Gasteiger partial charge in [0.2, 0.25) is 0 Å². The summed E-state index contributed by atoms with van der Waals surface area (Å²) in [4.78, 5) is 0. The summed E-state index contributed by atoms with van der Waals surface area (Å²) in [5, 5.41) is 0.620. The Morgan fingerprint density at radius 3 is 2.00 bits per heavy atom. The summed E-state index contributed by atoms with van der Waals surface area (Å²) < 4.78 is 23.9. The first-order valence-corrected chi connectivity index (χ1v) is 8.29. The largest absolute Gasteiger partial charge is 0.361 e. The summed E-state index contributed by atoms with van der Waals surface area (Å²) in [6.45, 7) is 4.33. The smallest absolute Gasteiger partial charge is 0.305 e. The molecule has 0 N–H and O–H groups in total. The zero-order valence-corrected chi connectivity index (χ0v) is 12.7. The number of benzene rings is 2. The van der Waals surface area contributed by atoms with Gasteiger partial charge in [-0.15, -0.1) is 0 Å². The van der Waals surface area contributed by atoms with Crippen molar-refractivity contribution < 1.29 is 13.6 Å². The Labute approximate surface area is 120 Å². The van der Waals surface area contributed by atoms with Crippen LogP contribution in [-0.2, 0) is 13.6 Å². The van der Waals surface area contributed by atoms with Crippen molar-refractivity contribution in [1.82, 2.24) is 0 Å². The monoisotopic (exact) mass is 290 g/mol. The van der Waals surface area contributed by atoms with E-state index in [0.29, 0.717) is 18.5 Å². The molecule has 0 aliphatic rings. The molecule has 2 rings (SSSR count). The maximum atomic E-state index is 13.0. The maximum Gasteiger partial charge on any atom is 0.361 e. The standard InChI is InChI=1S/C16H19O3P/c1-3-18-20(17,19-4-2)16-13-9-8-12-15(16)14-10-6-5-7-11-14/h5-13H,3-4H2,1-2H3. The molecule has 0 saturated heterocycles. The fourth-order valence-electron chi connectivity index (χ4n) is 2.09. The van der Waals surface area contributed by atoms with Crippen LogP contribution in [0.3, 0.4) is 0 Å². The normalized spacial score (nSPS) is 11.5. The molecule has 0 aromatic heterocycles. The Morgan fingerprint density at radius 2 is 1.40 bits per heavy atom. The van der Waals surface area contributed by atoms with Crippen molar-refractivity contribution in [1.29, 1.82) is 0 Å². The first-order valence-electron chi connectivity index (χ1n) is 6.75. The highest BCUT2D eigenvalue weighted by Gasteiger charge is 2.29. The molecule has 0 aliphatic carbocycles. The van der Waals surface area contributed by atoms with Crippen molar-refractivity contribution in [3.05, 3.63) is 54.6 Å². The van der Waals surface area contributed by atoms with Crippen molar-refractivity contribution in [3.8, 4) is 11.1 Å². The molecule has 0 heterocycles. The molecule has 4 heteroatoms. The van der Waals surface area contributed by atoms with Crippen LogP contribution >= 0.6 is 7.60 Å². The van der Waals surface area contributed by atoms with Crippen LogP contribution in [0.15, 0.2) is 54.6 Å². The summed E-state index contributed by atoms with van der Waals surface area (Å²) in [6, 6.07) is 17.4. The molecule has 3 nitrogen and oxygen atoms in total. The second kappa shape index (κ2) is 6.85. The fourth-order valence-corrected chi connectivity index (χ4v) is 3.89. The van der Waals surface area contributed by atoms with Crippen LogP contribution in [0.4, 0.5) is 0 Å². The lowest BCUT2D eigenvalue weighted by atomic mass is 10.1. The molecule has 0 saturated carbocycles. The molecule has 0 atom stereocenters. The first-order chi connectivity index (χ1) is 9.71. The van der Waals surface area contributed by atoms with Gasteiger partial charge in [-0.2, -0.15) is 0 Å². The molecule has 2 aromatic rings. The Kier molecular flexibility index (Phi) is 5.13. The van der Waals surface area contributed by atoms with Crippen LogP contribution in [0.2, 0.25) is 0 Å². The van der Waals surface area contributed by atoms with Crippen LogP contribution in [0.25, 0.3) is 11.1 Å². The lowest BCUT2D eigenvalue weighted by molar-refractivity contribution is 0.230. The van der Waals surface area contributed by atoms with Gasteiger partial charge in [0, 0.05) is 0 Å². The van der Waals surface area contributed by atoms with Crippen LogP contribution in [0.5, 0.6) is 0 Å². The fraction of sp³-hybridized carbons (Fsp3) is 0.250. The first kappa shape index (κ1) is 15.0. The summed E-state index contributed by atoms with van der Waals surface area (Å²) >= 11 is 0. The quantitative estimate of drug-likeness (QED) is 0.746. The Hall–Kier alpha value is -1.41. The van der Waals surface area contributed by atoms with E-state index in [2.05, 4.69) is 0 Å². The minimum atomic E-state index is -3.27. The SMILES string of the molecule is CCOP(=O)(OCC)c1ccccc1-c1ccccc1. The highest BCUT2D eigenvalue weighted by Crippen LogP contribution is 2.49. The summed E-state index contributed by atoms with van der Waals surface area (Å²) in [5.41, 5.74) is 1.89. The topological polar surface area (TPSA) is 35.5 Å². The third-order valence-corrected chi connectivity index (χ3v) is 5.06. The Balaban J connectivity index is 2.54. The van der Waals surface area contributed by atoms with Gasteiger partial charge in [0.15, 0.2) is 0 Å². The van der Waals surface area contributed by atoms with E-state index in [9.17, 15) is 4.57 Å². The maximum absolute atomic E-state index is 13.0. The molecule has 106 valence electrons. The molecular formula is C16H19O3P. The summed E-state index contributed by atoms with van der Waals surface area (Å²) in [5.74, 6) is 0. The van der Waals surface area contributed by atoms with Gasteiger partial charge in [-0.25, -0.2) is 0 Å². The summed E-state index contributed by atoms with van der Waals surface area (Å²) in [7, 11) is -3.27. The molecule has 0 radical (unpaired) electrons. The van der Waals surface area contributed by atoms with Crippen LogP contribution in [0.1, 0.15) is 13.8 Å². The van der Waals surface area contributed by atoms with Crippen molar-refractivity contribution in [2.24, 2.45) is 0 Å². The highest BCUT2D eigenvalue weighted by molar-refractivity contribution is 7.62. The molecular weight excluding hydrogens is 271 g/mol. The zero-order valence-electron chi connectivity index (χ0n) is 11.8. The molecule has 0 aliphatic heterocycles. The number of hydrogen-bond acceptors (Lipinski definition) is 3. The van der Waals surface area contributed by atoms with E-state index in [0.717, 1.165) is 11.1 Å². The highest BCUT2D eigenvalue weighted by atomic mass is 31.2. The van der Waals surface area contributed by atoms with Gasteiger partial charge < -0.3 is 9.05 Å². The predicted octanol–water partition coefficient (Wildman–Crippen LogP) is 4.25. The van der Waals surface area contributed by atoms with Crippen molar-refractivity contribution in [2.45, 2.75) is 13.8 Å². The van der Waals surface area contributed by atoms with E-state index in [1.807, 2.05) is 68.4 Å². The van der Waals surface area contributed by atoms with Gasteiger partial charge in [-0.1, -0.05) is 48.5 Å². The Bertz CT molecular complexity index is 586. The lowest BCUT2D eigenvalue weighted by Crippen LogP contribution is -2.13. The van der Waals surface area contributed by atoms with Gasteiger partial charge in [0.05, 0.1) is 18.5 Å². The molecule has 0 spiro atoms. The minimum absolute atomic E-state index is 0.348. The molecule has 0 amide bonds. The number of rotatable bonds is 6. The molecule has 2 aromatic carbocycles. The van der Waals surface area contributed by atoms with Gasteiger partial charge in [-0.05, 0) is 31.0 Å². The van der Waals surface area contributed by atoms with Crippen molar-refractivity contribution >= 4 is 12.9 Å².